The summed E-state index contributed by atoms with van der Waals surface area (Å²) < 4.78 is 13.2. The topological polar surface area (TPSA) is 26.0 Å². The average Bonchev–Trinajstić information content (AvgIpc) is 2.69. The number of nitrogens with two attached hydrogens (primary N) is 1. The van der Waals surface area contributed by atoms with Crippen molar-refractivity contribution in [2.45, 2.75) is 18.4 Å². The van der Waals surface area contributed by atoms with Crippen molar-refractivity contribution >= 4 is 0 Å². The molecule has 86 valence electrons. The molecule has 2 aromatic carbocycles. The van der Waals surface area contributed by atoms with Crippen LogP contribution in [0.1, 0.15) is 23.1 Å². The molecule has 0 spiro atoms. The lowest BCUT2D eigenvalue weighted by molar-refractivity contribution is 0.534. The number of fused-ring (bicyclic) bond motifs is 1. The highest BCUT2D eigenvalue weighted by Crippen LogP contribution is 2.39. The molecule has 17 heavy (non-hydrogen) atoms. The highest BCUT2D eigenvalue weighted by molar-refractivity contribution is 5.46. The van der Waals surface area contributed by atoms with Crippen molar-refractivity contribution in [3.63, 3.8) is 0 Å². The number of rotatable bonds is 1. The molecule has 1 atom stereocenters. The van der Waals surface area contributed by atoms with Gasteiger partial charge in [0.15, 0.2) is 0 Å². The van der Waals surface area contributed by atoms with E-state index in [0.717, 1.165) is 29.5 Å². The molecule has 0 saturated heterocycles. The average molecular weight is 227 g/mol. The molecule has 0 saturated carbocycles. The van der Waals surface area contributed by atoms with Crippen LogP contribution in [-0.2, 0) is 12.0 Å². The molecule has 1 nitrogen and oxygen atoms in total. The minimum Gasteiger partial charge on any atom is -0.318 e. The maximum absolute atomic E-state index is 13.2. The van der Waals surface area contributed by atoms with Crippen LogP contribution in [0.15, 0.2) is 48.5 Å². The predicted octanol–water partition coefficient (Wildman–Crippen LogP) is 2.97. The number of aryl methyl sites for hydroxylation is 1. The fraction of sp³-hybridized carbons (Fsp3) is 0.200. The van der Waals surface area contributed by atoms with Crippen molar-refractivity contribution in [2.75, 3.05) is 0 Å². The first kappa shape index (κ1) is 10.5. The van der Waals surface area contributed by atoms with Gasteiger partial charge in [-0.1, -0.05) is 36.4 Å². The normalized spacial score (nSPS) is 22.5. The number of hydrogen-bond acceptors (Lipinski definition) is 1. The Morgan fingerprint density at radius 3 is 2.59 bits per heavy atom. The SMILES string of the molecule is NC1(c2ccccc2)CCc2cc(F)ccc21. The molecule has 0 amide bonds. The molecular formula is C15H14FN. The van der Waals surface area contributed by atoms with Gasteiger partial charge < -0.3 is 5.73 Å². The molecule has 0 bridgehead atoms. The minimum absolute atomic E-state index is 0.180. The van der Waals surface area contributed by atoms with E-state index < -0.39 is 5.54 Å². The van der Waals surface area contributed by atoms with Gasteiger partial charge in [-0.05, 0) is 41.7 Å². The van der Waals surface area contributed by atoms with Crippen LogP contribution in [-0.4, -0.2) is 0 Å². The Morgan fingerprint density at radius 1 is 1.06 bits per heavy atom. The second-order valence-corrected chi connectivity index (χ2v) is 4.64. The molecule has 3 rings (SSSR count). The zero-order valence-electron chi connectivity index (χ0n) is 9.49. The second kappa shape index (κ2) is 3.67. The molecule has 0 fully saturated rings. The summed E-state index contributed by atoms with van der Waals surface area (Å²) in [5.74, 6) is -0.180. The maximum Gasteiger partial charge on any atom is 0.123 e. The Hall–Kier alpha value is -1.67. The van der Waals surface area contributed by atoms with Gasteiger partial charge in [0.25, 0.3) is 0 Å². The highest BCUT2D eigenvalue weighted by atomic mass is 19.1. The van der Waals surface area contributed by atoms with E-state index in [2.05, 4.69) is 0 Å². The van der Waals surface area contributed by atoms with Crippen molar-refractivity contribution in [3.8, 4) is 0 Å². The van der Waals surface area contributed by atoms with Crippen molar-refractivity contribution in [1.29, 1.82) is 0 Å². The zero-order chi connectivity index (χ0) is 11.9. The summed E-state index contributed by atoms with van der Waals surface area (Å²) >= 11 is 0. The van der Waals surface area contributed by atoms with Crippen LogP contribution in [0, 0.1) is 5.82 Å². The number of hydrogen-bond donors (Lipinski definition) is 1. The van der Waals surface area contributed by atoms with Crippen LogP contribution in [0.2, 0.25) is 0 Å². The first-order valence-electron chi connectivity index (χ1n) is 5.83. The Kier molecular flexibility index (Phi) is 2.26. The van der Waals surface area contributed by atoms with Crippen LogP contribution in [0.5, 0.6) is 0 Å². The Labute approximate surface area is 100 Å². The first-order chi connectivity index (χ1) is 8.20. The van der Waals surface area contributed by atoms with Crippen LogP contribution < -0.4 is 5.73 Å². The van der Waals surface area contributed by atoms with Gasteiger partial charge in [0.1, 0.15) is 5.82 Å². The minimum atomic E-state index is -0.454. The molecule has 0 aliphatic heterocycles. The molecule has 1 aliphatic rings. The number of halogens is 1. The van der Waals surface area contributed by atoms with E-state index in [-0.39, 0.29) is 5.82 Å². The third-order valence-electron chi connectivity index (χ3n) is 3.63. The van der Waals surface area contributed by atoms with Crippen molar-refractivity contribution in [3.05, 3.63) is 71.0 Å². The molecule has 0 heterocycles. The fourth-order valence-electron chi connectivity index (χ4n) is 2.71. The quantitative estimate of drug-likeness (QED) is 0.796. The largest absolute Gasteiger partial charge is 0.318 e. The summed E-state index contributed by atoms with van der Waals surface area (Å²) in [5, 5.41) is 0. The summed E-state index contributed by atoms with van der Waals surface area (Å²) in [6, 6.07) is 15.0. The lowest BCUT2D eigenvalue weighted by Gasteiger charge is -2.26. The summed E-state index contributed by atoms with van der Waals surface area (Å²) in [7, 11) is 0. The van der Waals surface area contributed by atoms with E-state index in [9.17, 15) is 4.39 Å². The second-order valence-electron chi connectivity index (χ2n) is 4.64. The molecule has 2 aromatic rings. The Morgan fingerprint density at radius 2 is 1.82 bits per heavy atom. The van der Waals surface area contributed by atoms with Gasteiger partial charge in [0.05, 0.1) is 5.54 Å². The third kappa shape index (κ3) is 1.56. The molecule has 0 aromatic heterocycles. The van der Waals surface area contributed by atoms with Gasteiger partial charge in [-0.2, -0.15) is 0 Å². The van der Waals surface area contributed by atoms with E-state index in [1.165, 1.54) is 6.07 Å². The predicted molar refractivity (Wildman–Crippen MR) is 66.1 cm³/mol. The molecule has 1 unspecified atom stereocenters. The lowest BCUT2D eigenvalue weighted by atomic mass is 9.85. The Bertz CT molecular complexity index is 550. The van der Waals surface area contributed by atoms with E-state index in [0.29, 0.717) is 0 Å². The van der Waals surface area contributed by atoms with Crippen LogP contribution in [0.4, 0.5) is 4.39 Å². The van der Waals surface area contributed by atoms with Crippen LogP contribution in [0.25, 0.3) is 0 Å². The first-order valence-corrected chi connectivity index (χ1v) is 5.83. The third-order valence-corrected chi connectivity index (χ3v) is 3.63. The summed E-state index contributed by atoms with van der Waals surface area (Å²) in [6.07, 6.45) is 1.69. The molecular weight excluding hydrogens is 213 g/mol. The van der Waals surface area contributed by atoms with E-state index >= 15 is 0 Å². The maximum atomic E-state index is 13.2. The summed E-state index contributed by atoms with van der Waals surface area (Å²) in [4.78, 5) is 0. The van der Waals surface area contributed by atoms with Gasteiger partial charge in [0, 0.05) is 0 Å². The smallest absolute Gasteiger partial charge is 0.123 e. The van der Waals surface area contributed by atoms with E-state index in [1.807, 2.05) is 36.4 Å². The lowest BCUT2D eigenvalue weighted by Crippen LogP contribution is -2.35. The standard InChI is InChI=1S/C15H14FN/c16-13-6-7-14-11(10-13)8-9-15(14,17)12-4-2-1-3-5-12/h1-7,10H,8-9,17H2. The van der Waals surface area contributed by atoms with Gasteiger partial charge in [-0.3, -0.25) is 0 Å². The van der Waals surface area contributed by atoms with Crippen LogP contribution in [0.3, 0.4) is 0 Å². The van der Waals surface area contributed by atoms with Gasteiger partial charge >= 0.3 is 0 Å². The fourth-order valence-corrected chi connectivity index (χ4v) is 2.71. The molecule has 2 N–H and O–H groups in total. The molecule has 1 aliphatic carbocycles. The summed E-state index contributed by atoms with van der Waals surface area (Å²) in [6.45, 7) is 0. The Balaban J connectivity index is 2.14. The van der Waals surface area contributed by atoms with Crippen molar-refractivity contribution in [2.24, 2.45) is 5.73 Å². The molecule has 0 radical (unpaired) electrons. The van der Waals surface area contributed by atoms with E-state index in [4.69, 9.17) is 5.73 Å². The molecule has 2 heteroatoms. The van der Waals surface area contributed by atoms with Gasteiger partial charge in [0.2, 0.25) is 0 Å². The summed E-state index contributed by atoms with van der Waals surface area (Å²) in [5.41, 5.74) is 9.27. The monoisotopic (exact) mass is 227 g/mol. The van der Waals surface area contributed by atoms with Crippen molar-refractivity contribution < 1.29 is 4.39 Å². The van der Waals surface area contributed by atoms with Gasteiger partial charge in [-0.15, -0.1) is 0 Å². The zero-order valence-corrected chi connectivity index (χ0v) is 9.49. The number of benzene rings is 2. The van der Waals surface area contributed by atoms with E-state index in [1.54, 1.807) is 6.07 Å². The van der Waals surface area contributed by atoms with Crippen molar-refractivity contribution in [1.82, 2.24) is 0 Å². The highest BCUT2D eigenvalue weighted by Gasteiger charge is 2.36. The van der Waals surface area contributed by atoms with Gasteiger partial charge in [-0.25, -0.2) is 4.39 Å². The van der Waals surface area contributed by atoms with Crippen LogP contribution >= 0.6 is 0 Å².